The third-order valence-electron chi connectivity index (χ3n) is 6.04. The van der Waals surface area contributed by atoms with Crippen LogP contribution in [-0.2, 0) is 31.1 Å². The first kappa shape index (κ1) is 22.5. The van der Waals surface area contributed by atoms with E-state index in [0.717, 1.165) is 6.42 Å². The van der Waals surface area contributed by atoms with Gasteiger partial charge in [0.1, 0.15) is 0 Å². The zero-order valence-corrected chi connectivity index (χ0v) is 20.9. The molecule has 0 bridgehead atoms. The molecule has 0 N–H and O–H groups in total. The van der Waals surface area contributed by atoms with Crippen LogP contribution >= 0.6 is 0 Å². The number of hydrogen-bond donors (Lipinski definition) is 0. The van der Waals surface area contributed by atoms with Gasteiger partial charge in [0.25, 0.3) is 0 Å². The van der Waals surface area contributed by atoms with Crippen LogP contribution in [0.25, 0.3) is 21.9 Å². The molecule has 3 aromatic carbocycles. The fourth-order valence-corrected chi connectivity index (χ4v) is 5.54. The van der Waals surface area contributed by atoms with E-state index in [1.54, 1.807) is 0 Å². The number of allylic oxidation sites excluding steroid dienone is 4. The molecule has 1 unspecified atom stereocenters. The first-order chi connectivity index (χ1) is 12.9. The summed E-state index contributed by atoms with van der Waals surface area (Å²) < 4.78 is 1.48. The minimum absolute atomic E-state index is 0. The first-order valence-electron chi connectivity index (χ1n) is 9.72. The number of hydrogen-bond acceptors (Lipinski definition) is 0. The van der Waals surface area contributed by atoms with Crippen molar-refractivity contribution in [3.05, 3.63) is 89.0 Å². The van der Waals surface area contributed by atoms with Gasteiger partial charge in [-0.15, -0.1) is 0 Å². The van der Waals surface area contributed by atoms with Gasteiger partial charge in [-0.1, -0.05) is 0 Å². The van der Waals surface area contributed by atoms with Gasteiger partial charge in [-0.05, 0) is 0 Å². The van der Waals surface area contributed by atoms with Gasteiger partial charge in [-0.2, -0.15) is 0 Å². The van der Waals surface area contributed by atoms with E-state index < -0.39 is 0 Å². The molecule has 2 aliphatic carbocycles. The topological polar surface area (TPSA) is 0 Å². The van der Waals surface area contributed by atoms with Gasteiger partial charge in [0, 0.05) is 0 Å². The second kappa shape index (κ2) is 8.18. The average Bonchev–Trinajstić information content (AvgIpc) is 3.25. The van der Waals surface area contributed by atoms with Crippen LogP contribution in [0.5, 0.6) is 0 Å². The molecular weight excluding hydrogens is 474 g/mol. The predicted molar refractivity (Wildman–Crippen MR) is 111 cm³/mol. The Kier molecular flexibility index (Phi) is 6.36. The van der Waals surface area contributed by atoms with Crippen molar-refractivity contribution in [1.29, 1.82) is 0 Å². The summed E-state index contributed by atoms with van der Waals surface area (Å²) in [5, 5.41) is 2.95. The van der Waals surface area contributed by atoms with E-state index in [-0.39, 0.29) is 30.2 Å². The van der Waals surface area contributed by atoms with Crippen LogP contribution < -0.4 is 28.1 Å². The van der Waals surface area contributed by atoms with Crippen LogP contribution in [0.1, 0.15) is 43.4 Å². The number of benzene rings is 3. The van der Waals surface area contributed by atoms with Crippen molar-refractivity contribution < 1.29 is 49.5 Å². The van der Waals surface area contributed by atoms with E-state index in [1.165, 1.54) is 72.2 Å². The molecule has 5 rings (SSSR count). The molecule has 0 heterocycles. The summed E-state index contributed by atoms with van der Waals surface area (Å²) in [4.78, 5) is 0. The zero-order valence-electron chi connectivity index (χ0n) is 16.9. The summed E-state index contributed by atoms with van der Waals surface area (Å²) in [5.74, 6) is 0.373. The van der Waals surface area contributed by atoms with Gasteiger partial charge in [0.2, 0.25) is 0 Å². The van der Waals surface area contributed by atoms with Crippen LogP contribution in [-0.4, -0.2) is 0 Å². The Hall–Kier alpha value is -1.14. The standard InChI is InChI=1S/C26H23.2ClH.Zr/c1-26(2,3)19-13-12-18(14-19)23-16-25-20-9-5-4-8-17(20)15-24(25)22-11-7-6-10-21(22)23;;;/h4-10,12-14,16,18H,15H2,1-3H3;2*1H;/q;;;+2/p-2. The van der Waals surface area contributed by atoms with E-state index in [4.69, 9.17) is 0 Å². The molecule has 0 nitrogen and oxygen atoms in total. The molecular formula is C26H23Cl2Zr. The largest absolute Gasteiger partial charge is 1.00 e. The van der Waals surface area contributed by atoms with Gasteiger partial charge in [-0.3, -0.25) is 0 Å². The minimum atomic E-state index is 0. The Morgan fingerprint density at radius 3 is 2.41 bits per heavy atom. The Labute approximate surface area is 201 Å². The molecule has 1 atom stereocenters. The molecule has 3 heteroatoms. The third kappa shape index (κ3) is 3.71. The first-order valence-corrected chi connectivity index (χ1v) is 11.0. The Morgan fingerprint density at radius 1 is 0.931 bits per heavy atom. The van der Waals surface area contributed by atoms with Crippen molar-refractivity contribution in [1.82, 2.24) is 0 Å². The number of halogens is 2. The monoisotopic (exact) mass is 495 g/mol. The van der Waals surface area contributed by atoms with Gasteiger partial charge in [0.15, 0.2) is 0 Å². The summed E-state index contributed by atoms with van der Waals surface area (Å²) in [7, 11) is 0. The van der Waals surface area contributed by atoms with E-state index >= 15 is 0 Å². The van der Waals surface area contributed by atoms with Crippen LogP contribution in [0.4, 0.5) is 0 Å². The van der Waals surface area contributed by atoms with E-state index in [9.17, 15) is 0 Å². The Morgan fingerprint density at radius 2 is 1.69 bits per heavy atom. The van der Waals surface area contributed by atoms with Gasteiger partial charge in [-0.25, -0.2) is 0 Å². The second-order valence-corrected chi connectivity index (χ2v) is 10.1. The molecule has 0 fully saturated rings. The van der Waals surface area contributed by atoms with Gasteiger partial charge >= 0.3 is 177 Å². The number of rotatable bonds is 1. The van der Waals surface area contributed by atoms with Crippen LogP contribution in [0.2, 0.25) is 0 Å². The maximum absolute atomic E-state index is 2.48. The number of fused-ring (bicyclic) bond motifs is 5. The van der Waals surface area contributed by atoms with Crippen molar-refractivity contribution in [2.45, 2.75) is 33.1 Å². The second-order valence-electron chi connectivity index (χ2n) is 8.81. The van der Waals surface area contributed by atoms with Crippen LogP contribution in [0, 0.1) is 5.41 Å². The molecule has 0 saturated heterocycles. The van der Waals surface area contributed by atoms with Crippen molar-refractivity contribution in [3.8, 4) is 11.1 Å². The fraction of sp³-hybridized carbons (Fsp3) is 0.231. The third-order valence-corrected chi connectivity index (χ3v) is 7.07. The van der Waals surface area contributed by atoms with Crippen LogP contribution in [0.15, 0.2) is 72.3 Å². The SMILES string of the molecule is CC(C)(C)C1=CC(c2cc3c(c4[c]([Zr+2])cccc24)Cc2ccccc2-3)C=C1.[Cl-].[Cl-]. The molecule has 0 radical (unpaired) electrons. The normalized spacial score (nSPS) is 16.7. The maximum Gasteiger partial charge on any atom is -1.00 e. The molecule has 145 valence electrons. The maximum atomic E-state index is 2.48. The molecule has 0 aliphatic heterocycles. The molecule has 2 aliphatic rings. The summed E-state index contributed by atoms with van der Waals surface area (Å²) in [6.07, 6.45) is 8.26. The van der Waals surface area contributed by atoms with Gasteiger partial charge in [0.05, 0.1) is 0 Å². The van der Waals surface area contributed by atoms with Crippen molar-refractivity contribution in [3.63, 3.8) is 0 Å². The van der Waals surface area contributed by atoms with Crippen molar-refractivity contribution >= 4 is 14.0 Å². The van der Waals surface area contributed by atoms with Crippen LogP contribution in [0.3, 0.4) is 0 Å². The zero-order chi connectivity index (χ0) is 18.8. The van der Waals surface area contributed by atoms with Crippen molar-refractivity contribution in [2.24, 2.45) is 5.41 Å². The summed E-state index contributed by atoms with van der Waals surface area (Å²) >= 11 is 1.50. The Balaban J connectivity index is 0.00000120. The van der Waals surface area contributed by atoms with Crippen molar-refractivity contribution in [2.75, 3.05) is 0 Å². The van der Waals surface area contributed by atoms with E-state index in [2.05, 4.69) is 87.5 Å². The minimum Gasteiger partial charge on any atom is -1.00 e. The fourth-order valence-electron chi connectivity index (χ4n) is 4.61. The smallest absolute Gasteiger partial charge is 1.00 e. The predicted octanol–water partition coefficient (Wildman–Crippen LogP) is 0.217. The molecule has 0 amide bonds. The molecule has 3 aromatic rings. The molecule has 0 aromatic heterocycles. The molecule has 29 heavy (non-hydrogen) atoms. The Bertz CT molecular complexity index is 1150. The average molecular weight is 498 g/mol. The van der Waals surface area contributed by atoms with E-state index in [1.807, 2.05) is 0 Å². The van der Waals surface area contributed by atoms with E-state index in [0.29, 0.717) is 5.92 Å². The molecule has 0 saturated carbocycles. The molecule has 0 spiro atoms. The summed E-state index contributed by atoms with van der Waals surface area (Å²) in [6.45, 7) is 6.91. The summed E-state index contributed by atoms with van der Waals surface area (Å²) in [6, 6.07) is 18.3. The summed E-state index contributed by atoms with van der Waals surface area (Å²) in [5.41, 5.74) is 8.98. The quantitative estimate of drug-likeness (QED) is 0.353. The van der Waals surface area contributed by atoms with Gasteiger partial charge < -0.3 is 24.8 Å².